The molecule has 0 bridgehead atoms. The predicted molar refractivity (Wildman–Crippen MR) is 74.0 cm³/mol. The van der Waals surface area contributed by atoms with Crippen molar-refractivity contribution in [3.8, 4) is 0 Å². The number of hydrogen-bond acceptors (Lipinski definition) is 8. The van der Waals surface area contributed by atoms with Gasteiger partial charge in [-0.2, -0.15) is 15.0 Å². The highest BCUT2D eigenvalue weighted by atomic mass is 16.5. The lowest BCUT2D eigenvalue weighted by Crippen LogP contribution is -2.41. The maximum Gasteiger partial charge on any atom is 0.243 e. The van der Waals surface area contributed by atoms with E-state index in [0.29, 0.717) is 30.0 Å². The number of hydrogen-bond donors (Lipinski definition) is 3. The number of nitrogens with two attached hydrogens (primary N) is 1. The highest BCUT2D eigenvalue weighted by molar-refractivity contribution is 5.43. The Balaban J connectivity index is 1.98. The van der Waals surface area contributed by atoms with E-state index in [1.54, 1.807) is 4.90 Å². The largest absolute Gasteiger partial charge is 0.378 e. The molecule has 19 heavy (non-hydrogen) atoms. The van der Waals surface area contributed by atoms with Gasteiger partial charge in [0.25, 0.3) is 0 Å². The zero-order valence-corrected chi connectivity index (χ0v) is 11.6. The van der Waals surface area contributed by atoms with Crippen LogP contribution in [0.5, 0.6) is 0 Å². The minimum Gasteiger partial charge on any atom is -0.378 e. The maximum absolute atomic E-state index is 5.52. The van der Waals surface area contributed by atoms with Gasteiger partial charge in [0.2, 0.25) is 17.8 Å². The second-order valence-electron chi connectivity index (χ2n) is 4.71. The van der Waals surface area contributed by atoms with Crippen LogP contribution in [0.4, 0.5) is 17.8 Å². The summed E-state index contributed by atoms with van der Waals surface area (Å²) in [6.07, 6.45) is 2.30. The minimum atomic E-state index is 0.347. The van der Waals surface area contributed by atoms with Gasteiger partial charge in [-0.1, -0.05) is 0 Å². The number of ether oxygens (including phenoxy) is 1. The Kier molecular flexibility index (Phi) is 4.33. The molecule has 1 aliphatic carbocycles. The first-order valence-corrected chi connectivity index (χ1v) is 6.40. The molecule has 0 aromatic carbocycles. The van der Waals surface area contributed by atoms with E-state index in [9.17, 15) is 0 Å². The van der Waals surface area contributed by atoms with Gasteiger partial charge in [-0.3, -0.25) is 5.43 Å². The molecule has 106 valence electrons. The third-order valence-electron chi connectivity index (χ3n) is 2.98. The van der Waals surface area contributed by atoms with Crippen molar-refractivity contribution in [2.24, 2.45) is 5.84 Å². The van der Waals surface area contributed by atoms with E-state index in [0.717, 1.165) is 19.4 Å². The van der Waals surface area contributed by atoms with E-state index in [4.69, 9.17) is 10.6 Å². The fourth-order valence-electron chi connectivity index (χ4n) is 1.93. The van der Waals surface area contributed by atoms with Crippen LogP contribution in [0.25, 0.3) is 0 Å². The average molecular weight is 267 g/mol. The van der Waals surface area contributed by atoms with Gasteiger partial charge in [-0.15, -0.1) is 0 Å². The Morgan fingerprint density at radius 1 is 1.26 bits per heavy atom. The van der Waals surface area contributed by atoms with Crippen molar-refractivity contribution >= 4 is 17.8 Å². The SMILES string of the molecule is CCOC1CC(Nc2nc(NN)nc(N(C)C)n2)C1. The molecule has 1 aliphatic rings. The van der Waals surface area contributed by atoms with Crippen molar-refractivity contribution in [1.82, 2.24) is 15.0 Å². The third-order valence-corrected chi connectivity index (χ3v) is 2.98. The summed E-state index contributed by atoms with van der Waals surface area (Å²) in [7, 11) is 3.74. The number of nitrogens with zero attached hydrogens (tertiary/aromatic N) is 4. The van der Waals surface area contributed by atoms with Crippen molar-refractivity contribution in [3.05, 3.63) is 0 Å². The summed E-state index contributed by atoms with van der Waals surface area (Å²) >= 11 is 0. The van der Waals surface area contributed by atoms with Crippen LogP contribution in [0.15, 0.2) is 0 Å². The minimum absolute atomic E-state index is 0.347. The second-order valence-corrected chi connectivity index (χ2v) is 4.71. The molecule has 0 unspecified atom stereocenters. The zero-order chi connectivity index (χ0) is 13.8. The second kappa shape index (κ2) is 5.98. The number of nitrogens with one attached hydrogen (secondary N) is 2. The van der Waals surface area contributed by atoms with Crippen molar-refractivity contribution < 1.29 is 4.74 Å². The van der Waals surface area contributed by atoms with Crippen molar-refractivity contribution in [3.63, 3.8) is 0 Å². The lowest BCUT2D eigenvalue weighted by molar-refractivity contribution is 0.00285. The Hall–Kier alpha value is -1.67. The molecule has 8 nitrogen and oxygen atoms in total. The molecular formula is C11H21N7O. The van der Waals surface area contributed by atoms with Gasteiger partial charge in [0.15, 0.2) is 0 Å². The van der Waals surface area contributed by atoms with E-state index in [2.05, 4.69) is 25.7 Å². The predicted octanol–water partition coefficient (Wildman–Crippen LogP) is 0.203. The highest BCUT2D eigenvalue weighted by Crippen LogP contribution is 2.26. The first kappa shape index (κ1) is 13.8. The lowest BCUT2D eigenvalue weighted by atomic mass is 9.89. The van der Waals surface area contributed by atoms with E-state index in [-0.39, 0.29) is 0 Å². The maximum atomic E-state index is 5.52. The van der Waals surface area contributed by atoms with Gasteiger partial charge in [0.1, 0.15) is 0 Å². The molecule has 4 N–H and O–H groups in total. The summed E-state index contributed by atoms with van der Waals surface area (Å²) in [6, 6.07) is 0.347. The first-order chi connectivity index (χ1) is 9.12. The van der Waals surface area contributed by atoms with E-state index >= 15 is 0 Å². The molecule has 0 atom stereocenters. The summed E-state index contributed by atoms with van der Waals surface area (Å²) in [6.45, 7) is 2.77. The Morgan fingerprint density at radius 2 is 1.95 bits per heavy atom. The molecule has 1 fully saturated rings. The third kappa shape index (κ3) is 3.42. The van der Waals surface area contributed by atoms with Gasteiger partial charge in [0, 0.05) is 26.7 Å². The van der Waals surface area contributed by atoms with E-state index < -0.39 is 0 Å². The Bertz CT molecular complexity index is 420. The van der Waals surface area contributed by atoms with Crippen molar-refractivity contribution in [1.29, 1.82) is 0 Å². The van der Waals surface area contributed by atoms with Crippen LogP contribution in [0.2, 0.25) is 0 Å². The number of aromatic nitrogens is 3. The molecule has 1 saturated carbocycles. The average Bonchev–Trinajstić information content (AvgIpc) is 2.35. The molecule has 8 heteroatoms. The number of rotatable bonds is 6. The summed E-state index contributed by atoms with van der Waals surface area (Å²) < 4.78 is 5.52. The fraction of sp³-hybridized carbons (Fsp3) is 0.727. The van der Waals surface area contributed by atoms with E-state index in [1.165, 1.54) is 0 Å². The van der Waals surface area contributed by atoms with Crippen LogP contribution in [-0.2, 0) is 4.74 Å². The van der Waals surface area contributed by atoms with Crippen LogP contribution in [-0.4, -0.2) is 47.8 Å². The fourth-order valence-corrected chi connectivity index (χ4v) is 1.93. The summed E-state index contributed by atoms with van der Waals surface area (Å²) in [5.41, 5.74) is 2.45. The Morgan fingerprint density at radius 3 is 2.53 bits per heavy atom. The molecule has 1 aromatic rings. The van der Waals surface area contributed by atoms with Gasteiger partial charge in [-0.05, 0) is 19.8 Å². The monoisotopic (exact) mass is 267 g/mol. The summed E-state index contributed by atoms with van der Waals surface area (Å²) in [4.78, 5) is 14.5. The van der Waals surface area contributed by atoms with Gasteiger partial charge in [-0.25, -0.2) is 5.84 Å². The molecular weight excluding hydrogens is 246 g/mol. The number of hydrazine groups is 1. The van der Waals surface area contributed by atoms with Crippen LogP contribution in [0.1, 0.15) is 19.8 Å². The standard InChI is InChI=1S/C11H21N7O/c1-4-19-8-5-7(6-8)13-9-14-10(17-12)16-11(15-9)18(2)3/h7-8H,4-6,12H2,1-3H3,(H2,13,14,15,16,17). The van der Waals surface area contributed by atoms with Gasteiger partial charge in [0.05, 0.1) is 6.10 Å². The zero-order valence-electron chi connectivity index (χ0n) is 11.6. The van der Waals surface area contributed by atoms with Crippen LogP contribution in [0.3, 0.4) is 0 Å². The first-order valence-electron chi connectivity index (χ1n) is 6.40. The molecule has 1 aromatic heterocycles. The van der Waals surface area contributed by atoms with Crippen LogP contribution >= 0.6 is 0 Å². The van der Waals surface area contributed by atoms with Gasteiger partial charge < -0.3 is 15.0 Å². The van der Waals surface area contributed by atoms with Gasteiger partial charge >= 0.3 is 0 Å². The number of nitrogen functional groups attached to an aromatic ring is 1. The summed E-state index contributed by atoms with van der Waals surface area (Å²) in [5, 5.41) is 3.27. The van der Waals surface area contributed by atoms with Crippen LogP contribution in [0, 0.1) is 0 Å². The molecule has 0 spiro atoms. The topological polar surface area (TPSA) is 101 Å². The van der Waals surface area contributed by atoms with Crippen LogP contribution < -0.4 is 21.5 Å². The lowest BCUT2D eigenvalue weighted by Gasteiger charge is -2.35. The molecule has 0 aliphatic heterocycles. The normalized spacial score (nSPS) is 21.7. The molecule has 0 saturated heterocycles. The van der Waals surface area contributed by atoms with Crippen molar-refractivity contribution in [2.75, 3.05) is 36.3 Å². The quantitative estimate of drug-likeness (QED) is 0.496. The highest BCUT2D eigenvalue weighted by Gasteiger charge is 2.30. The van der Waals surface area contributed by atoms with E-state index in [1.807, 2.05) is 21.0 Å². The summed E-state index contributed by atoms with van der Waals surface area (Å²) in [5.74, 6) is 6.80. The molecule has 1 heterocycles. The van der Waals surface area contributed by atoms with Crippen molar-refractivity contribution in [2.45, 2.75) is 31.9 Å². The molecule has 2 rings (SSSR count). The molecule has 0 radical (unpaired) electrons. The Labute approximate surface area is 112 Å². The molecule has 0 amide bonds. The smallest absolute Gasteiger partial charge is 0.243 e. The number of anilines is 3.